The molecular weight excluding hydrogens is 319 g/mol. The van der Waals surface area contributed by atoms with E-state index in [1.54, 1.807) is 0 Å². The lowest BCUT2D eigenvalue weighted by atomic mass is 9.93. The molecule has 2 heterocycles. The third-order valence-corrected chi connectivity index (χ3v) is 3.72. The highest BCUT2D eigenvalue weighted by Crippen LogP contribution is 2.32. The van der Waals surface area contributed by atoms with E-state index in [2.05, 4.69) is 26.4 Å². The number of nitrogens with one attached hydrogen (secondary N) is 1. The van der Waals surface area contributed by atoms with Crippen LogP contribution in [0.15, 0.2) is 21.1 Å². The third-order valence-electron chi connectivity index (χ3n) is 3.11. The number of amides is 2. The summed E-state index contributed by atoms with van der Waals surface area (Å²) in [6.07, 6.45) is 0.591. The second-order valence-corrected chi connectivity index (χ2v) is 5.19. The number of halogens is 2. The molecule has 0 spiro atoms. The number of nitrogens with zero attached hydrogens (tertiary/aromatic N) is 1. The van der Waals surface area contributed by atoms with Gasteiger partial charge in [0.15, 0.2) is 5.58 Å². The van der Waals surface area contributed by atoms with Gasteiger partial charge in [-0.3, -0.25) is 14.9 Å². The van der Waals surface area contributed by atoms with Crippen LogP contribution in [-0.4, -0.2) is 17.0 Å². The van der Waals surface area contributed by atoms with Crippen LogP contribution in [0, 0.1) is 5.82 Å². The van der Waals surface area contributed by atoms with Crippen molar-refractivity contribution in [3.05, 3.63) is 28.1 Å². The first kappa shape index (κ1) is 12.3. The van der Waals surface area contributed by atoms with E-state index in [0.717, 1.165) is 0 Å². The maximum atomic E-state index is 13.6. The van der Waals surface area contributed by atoms with E-state index < -0.39 is 17.6 Å². The van der Waals surface area contributed by atoms with Crippen LogP contribution >= 0.6 is 15.9 Å². The minimum Gasteiger partial charge on any atom is -0.356 e. The highest BCUT2D eigenvalue weighted by molar-refractivity contribution is 9.10. The fourth-order valence-electron chi connectivity index (χ4n) is 2.16. The van der Waals surface area contributed by atoms with Gasteiger partial charge in [-0.15, -0.1) is 0 Å². The molecule has 5 nitrogen and oxygen atoms in total. The molecule has 1 fully saturated rings. The average molecular weight is 327 g/mol. The molecule has 0 radical (unpaired) electrons. The van der Waals surface area contributed by atoms with E-state index in [-0.39, 0.29) is 16.8 Å². The zero-order valence-corrected chi connectivity index (χ0v) is 11.2. The second kappa shape index (κ2) is 4.41. The molecule has 1 aliphatic rings. The van der Waals surface area contributed by atoms with Gasteiger partial charge in [0.1, 0.15) is 11.5 Å². The van der Waals surface area contributed by atoms with Gasteiger partial charge in [0.05, 0.1) is 10.4 Å². The van der Waals surface area contributed by atoms with Gasteiger partial charge in [-0.1, -0.05) is 5.16 Å². The Kier molecular flexibility index (Phi) is 2.85. The Labute approximate surface area is 115 Å². The molecule has 1 saturated heterocycles. The first-order valence-electron chi connectivity index (χ1n) is 5.64. The predicted octanol–water partition coefficient (Wildman–Crippen LogP) is 2.25. The molecule has 1 N–H and O–H groups in total. The zero-order valence-electron chi connectivity index (χ0n) is 9.57. The minimum absolute atomic E-state index is 0.240. The van der Waals surface area contributed by atoms with Gasteiger partial charge < -0.3 is 4.52 Å². The molecule has 1 unspecified atom stereocenters. The zero-order chi connectivity index (χ0) is 13.6. The van der Waals surface area contributed by atoms with Gasteiger partial charge in [0, 0.05) is 17.9 Å². The molecule has 0 aliphatic carbocycles. The Hall–Kier alpha value is -1.76. The number of aromatic nitrogens is 1. The minimum atomic E-state index is -0.584. The van der Waals surface area contributed by atoms with Crippen molar-refractivity contribution in [2.45, 2.75) is 18.8 Å². The maximum absolute atomic E-state index is 13.6. The Morgan fingerprint density at radius 3 is 2.95 bits per heavy atom. The summed E-state index contributed by atoms with van der Waals surface area (Å²) in [6.45, 7) is 0. The van der Waals surface area contributed by atoms with E-state index in [0.29, 0.717) is 23.1 Å². The summed E-state index contributed by atoms with van der Waals surface area (Å²) in [4.78, 5) is 22.9. The van der Waals surface area contributed by atoms with Gasteiger partial charge in [-0.25, -0.2) is 4.39 Å². The summed E-state index contributed by atoms with van der Waals surface area (Å²) in [6, 6.07) is 2.74. The Morgan fingerprint density at radius 1 is 1.42 bits per heavy atom. The summed E-state index contributed by atoms with van der Waals surface area (Å²) in [5.41, 5.74) is 0.763. The van der Waals surface area contributed by atoms with E-state index in [1.807, 2.05) is 0 Å². The normalized spacial score (nSPS) is 19.8. The lowest BCUT2D eigenvalue weighted by Crippen LogP contribution is -2.39. The smallest absolute Gasteiger partial charge is 0.235 e. The highest BCUT2D eigenvalue weighted by atomic mass is 79.9. The van der Waals surface area contributed by atoms with Crippen molar-refractivity contribution < 1.29 is 18.5 Å². The van der Waals surface area contributed by atoms with Crippen LogP contribution in [0.2, 0.25) is 0 Å². The maximum Gasteiger partial charge on any atom is 0.235 e. The van der Waals surface area contributed by atoms with Gasteiger partial charge in [-0.2, -0.15) is 0 Å². The molecule has 2 amide bonds. The molecule has 1 atom stereocenters. The Bertz CT molecular complexity index is 698. The Morgan fingerprint density at radius 2 is 2.21 bits per heavy atom. The first-order valence-corrected chi connectivity index (χ1v) is 6.43. The van der Waals surface area contributed by atoms with Crippen molar-refractivity contribution in [1.29, 1.82) is 0 Å². The molecule has 0 saturated carbocycles. The van der Waals surface area contributed by atoms with Crippen LogP contribution in [0.5, 0.6) is 0 Å². The predicted molar refractivity (Wildman–Crippen MR) is 66.8 cm³/mol. The van der Waals surface area contributed by atoms with Gasteiger partial charge in [-0.05, 0) is 28.4 Å². The number of carbonyl (C=O) groups is 2. The number of rotatable bonds is 1. The third kappa shape index (κ3) is 2.03. The molecule has 1 aliphatic heterocycles. The summed E-state index contributed by atoms with van der Waals surface area (Å²) < 4.78 is 18.9. The molecule has 2 aromatic rings. The lowest BCUT2D eigenvalue weighted by molar-refractivity contribution is -0.134. The summed E-state index contributed by atoms with van der Waals surface area (Å²) in [7, 11) is 0. The summed E-state index contributed by atoms with van der Waals surface area (Å²) in [5, 5.41) is 6.54. The van der Waals surface area contributed by atoms with E-state index in [1.165, 1.54) is 12.1 Å². The van der Waals surface area contributed by atoms with E-state index >= 15 is 0 Å². The highest BCUT2D eigenvalue weighted by Gasteiger charge is 2.32. The van der Waals surface area contributed by atoms with Crippen molar-refractivity contribution in [3.63, 3.8) is 0 Å². The van der Waals surface area contributed by atoms with Crippen LogP contribution in [-0.2, 0) is 9.59 Å². The molecule has 19 heavy (non-hydrogen) atoms. The largest absolute Gasteiger partial charge is 0.356 e. The topological polar surface area (TPSA) is 72.2 Å². The summed E-state index contributed by atoms with van der Waals surface area (Å²) >= 11 is 3.05. The van der Waals surface area contributed by atoms with Crippen LogP contribution in [0.3, 0.4) is 0 Å². The fourth-order valence-corrected chi connectivity index (χ4v) is 2.48. The van der Waals surface area contributed by atoms with Crippen LogP contribution in [0.4, 0.5) is 4.39 Å². The number of hydrogen-bond acceptors (Lipinski definition) is 4. The number of fused-ring (bicyclic) bond motifs is 1. The fraction of sp³-hybridized carbons (Fsp3) is 0.250. The molecule has 0 bridgehead atoms. The quantitative estimate of drug-likeness (QED) is 0.816. The van der Waals surface area contributed by atoms with E-state index in [9.17, 15) is 14.0 Å². The molecule has 3 rings (SSSR count). The van der Waals surface area contributed by atoms with Crippen LogP contribution in [0.1, 0.15) is 24.5 Å². The number of benzene rings is 1. The number of imide groups is 1. The first-order chi connectivity index (χ1) is 9.06. The number of hydrogen-bond donors (Lipinski definition) is 1. The SMILES string of the molecule is O=C1CCC(c2noc3cc(Br)c(F)cc23)C(=O)N1. The molecule has 1 aromatic carbocycles. The van der Waals surface area contributed by atoms with Gasteiger partial charge >= 0.3 is 0 Å². The van der Waals surface area contributed by atoms with Crippen LogP contribution < -0.4 is 5.32 Å². The monoisotopic (exact) mass is 326 g/mol. The van der Waals surface area contributed by atoms with Gasteiger partial charge in [0.25, 0.3) is 0 Å². The number of carbonyl (C=O) groups excluding carboxylic acids is 2. The van der Waals surface area contributed by atoms with Crippen molar-refractivity contribution in [1.82, 2.24) is 10.5 Å². The van der Waals surface area contributed by atoms with Gasteiger partial charge in [0.2, 0.25) is 11.8 Å². The average Bonchev–Trinajstić information content (AvgIpc) is 2.73. The van der Waals surface area contributed by atoms with Crippen molar-refractivity contribution in [2.24, 2.45) is 0 Å². The number of piperidine rings is 1. The lowest BCUT2D eigenvalue weighted by Gasteiger charge is -2.18. The standard InChI is InChI=1S/C12H8BrFN2O3/c13-7-4-9-6(3-8(7)14)11(16-19-9)5-1-2-10(17)15-12(5)18/h3-5H,1-2H2,(H,15,17,18). The van der Waals surface area contributed by atoms with Crippen molar-refractivity contribution in [2.75, 3.05) is 0 Å². The second-order valence-electron chi connectivity index (χ2n) is 4.33. The van der Waals surface area contributed by atoms with E-state index in [4.69, 9.17) is 4.52 Å². The molecule has 7 heteroatoms. The van der Waals surface area contributed by atoms with Crippen molar-refractivity contribution >= 4 is 38.7 Å². The summed E-state index contributed by atoms with van der Waals surface area (Å²) in [5.74, 6) is -1.76. The van der Waals surface area contributed by atoms with Crippen LogP contribution in [0.25, 0.3) is 11.0 Å². The molecule has 98 valence electrons. The van der Waals surface area contributed by atoms with Crippen molar-refractivity contribution in [3.8, 4) is 0 Å². The molecule has 1 aromatic heterocycles. The Balaban J connectivity index is 2.08. The molecular formula is C12H8BrFN2O3.